The third-order valence-corrected chi connectivity index (χ3v) is 6.03. The van der Waals surface area contributed by atoms with Crippen LogP contribution in [-0.4, -0.2) is 37.2 Å². The van der Waals surface area contributed by atoms with E-state index in [0.717, 1.165) is 32.1 Å². The third kappa shape index (κ3) is 5.43. The van der Waals surface area contributed by atoms with Gasteiger partial charge in [0.05, 0.1) is 18.1 Å². The van der Waals surface area contributed by atoms with Crippen LogP contribution < -0.4 is 0 Å². The summed E-state index contributed by atoms with van der Waals surface area (Å²) in [6.07, 6.45) is 9.47. The first kappa shape index (κ1) is 19.7. The number of esters is 1. The van der Waals surface area contributed by atoms with E-state index >= 15 is 0 Å². The molecule has 138 valence electrons. The van der Waals surface area contributed by atoms with Gasteiger partial charge in [-0.2, -0.15) is 0 Å². The first-order valence-electron chi connectivity index (χ1n) is 9.40. The van der Waals surface area contributed by atoms with Crippen molar-refractivity contribution in [1.29, 1.82) is 0 Å². The fourth-order valence-corrected chi connectivity index (χ4v) is 5.04. The highest BCUT2D eigenvalue weighted by Gasteiger charge is 2.50. The molecular weight excluding hydrogens is 320 g/mol. The number of rotatable bonds is 8. The Balaban J connectivity index is 2.07. The monoisotopic (exact) mass is 354 g/mol. The van der Waals surface area contributed by atoms with Crippen LogP contribution in [0, 0.1) is 11.8 Å². The lowest BCUT2D eigenvalue weighted by Crippen LogP contribution is -2.35. The Morgan fingerprint density at radius 2 is 2.08 bits per heavy atom. The summed E-state index contributed by atoms with van der Waals surface area (Å²) < 4.78 is 11.8. The summed E-state index contributed by atoms with van der Waals surface area (Å²) >= 11 is 0. The molecule has 24 heavy (non-hydrogen) atoms. The van der Waals surface area contributed by atoms with Gasteiger partial charge in [-0.3, -0.25) is 4.79 Å². The number of hydrogen-bond donors (Lipinski definition) is 1. The number of fused-ring (bicyclic) bond motifs is 1. The molecule has 5 heteroatoms. The minimum Gasteiger partial charge on any atom is -0.462 e. The van der Waals surface area contributed by atoms with Crippen LogP contribution in [0.2, 0.25) is 19.6 Å². The maximum Gasteiger partial charge on any atom is 0.306 e. The van der Waals surface area contributed by atoms with Crippen molar-refractivity contribution in [2.75, 3.05) is 0 Å². The van der Waals surface area contributed by atoms with Crippen LogP contribution in [0.5, 0.6) is 0 Å². The lowest BCUT2D eigenvalue weighted by Gasteiger charge is -2.28. The van der Waals surface area contributed by atoms with Crippen molar-refractivity contribution < 1.29 is 19.1 Å². The van der Waals surface area contributed by atoms with E-state index < -0.39 is 13.9 Å². The molecule has 2 aliphatic rings. The van der Waals surface area contributed by atoms with Gasteiger partial charge in [0.1, 0.15) is 6.10 Å². The molecule has 0 bridgehead atoms. The lowest BCUT2D eigenvalue weighted by molar-refractivity contribution is -0.141. The van der Waals surface area contributed by atoms with Gasteiger partial charge in [-0.15, -0.1) is 0 Å². The quantitative estimate of drug-likeness (QED) is 0.309. The molecule has 1 saturated carbocycles. The predicted molar refractivity (Wildman–Crippen MR) is 98.2 cm³/mol. The normalized spacial score (nSPS) is 32.8. The maximum absolute atomic E-state index is 11.6. The molecule has 1 saturated heterocycles. The minimum absolute atomic E-state index is 0.0152. The smallest absolute Gasteiger partial charge is 0.306 e. The molecule has 4 nitrogen and oxygen atoms in total. The maximum atomic E-state index is 11.6. The van der Waals surface area contributed by atoms with Crippen molar-refractivity contribution in [3.8, 4) is 0 Å². The zero-order valence-electron chi connectivity index (χ0n) is 15.9. The lowest BCUT2D eigenvalue weighted by atomic mass is 9.89. The largest absolute Gasteiger partial charge is 0.462 e. The first-order chi connectivity index (χ1) is 11.1. The van der Waals surface area contributed by atoms with Crippen LogP contribution in [0.4, 0.5) is 0 Å². The molecule has 2 rings (SSSR count). The Labute approximate surface area is 147 Å². The highest BCUT2D eigenvalue weighted by atomic mass is 28.4. The summed E-state index contributed by atoms with van der Waals surface area (Å²) in [5, 5.41) is 10.6. The van der Waals surface area contributed by atoms with Gasteiger partial charge in [-0.25, -0.2) is 0 Å². The average Bonchev–Trinajstić information content (AvgIpc) is 2.90. The molecule has 0 amide bonds. The van der Waals surface area contributed by atoms with Gasteiger partial charge in [0.15, 0.2) is 8.32 Å². The van der Waals surface area contributed by atoms with Crippen LogP contribution in [-0.2, 0) is 14.0 Å². The van der Waals surface area contributed by atoms with Crippen LogP contribution in [0.25, 0.3) is 0 Å². The molecule has 5 atom stereocenters. The second-order valence-corrected chi connectivity index (χ2v) is 13.1. The minimum atomic E-state index is -1.67. The molecule has 0 radical (unpaired) electrons. The fraction of sp³-hybridized carbons (Fsp3) is 0.842. The Kier molecular flexibility index (Phi) is 6.32. The van der Waals surface area contributed by atoms with Crippen molar-refractivity contribution >= 4 is 14.3 Å². The molecule has 1 aliphatic heterocycles. The van der Waals surface area contributed by atoms with E-state index in [4.69, 9.17) is 9.16 Å². The van der Waals surface area contributed by atoms with Crippen LogP contribution >= 0.6 is 0 Å². The standard InChI is InChI=1S/C19H34O4Si/c1-6-7-8-10-19(2,21)11-9-14-15-12-18(20)22-16(15)13-17(14)23-24(3,4)5/h9,11,14-17,21H,6-8,10,12-13H2,1-5H3/b11-9+/t14-,15?,16+,17-,19?/m1/s1. The number of ether oxygens (including phenoxy) is 1. The Morgan fingerprint density at radius 3 is 2.71 bits per heavy atom. The molecular formula is C19H34O4Si. The molecule has 2 unspecified atom stereocenters. The second-order valence-electron chi connectivity index (χ2n) is 8.65. The Morgan fingerprint density at radius 1 is 1.38 bits per heavy atom. The van der Waals surface area contributed by atoms with Gasteiger partial charge >= 0.3 is 5.97 Å². The zero-order chi connectivity index (χ0) is 18.0. The summed E-state index contributed by atoms with van der Waals surface area (Å²) in [6, 6.07) is 0. The number of hydrogen-bond acceptors (Lipinski definition) is 4. The van der Waals surface area contributed by atoms with Crippen molar-refractivity contribution in [2.24, 2.45) is 11.8 Å². The van der Waals surface area contributed by atoms with Crippen LogP contribution in [0.1, 0.15) is 52.4 Å². The predicted octanol–water partition coefficient (Wildman–Crippen LogP) is 4.05. The fourth-order valence-electron chi connectivity index (χ4n) is 3.88. The van der Waals surface area contributed by atoms with E-state index in [1.165, 1.54) is 0 Å². The Hall–Kier alpha value is -0.653. The second kappa shape index (κ2) is 7.71. The van der Waals surface area contributed by atoms with Gasteiger partial charge in [-0.05, 0) is 33.0 Å². The number of carbonyl (C=O) groups excluding carboxylic acids is 1. The van der Waals surface area contributed by atoms with Gasteiger partial charge in [0.2, 0.25) is 0 Å². The highest BCUT2D eigenvalue weighted by molar-refractivity contribution is 6.69. The number of carbonyl (C=O) groups is 1. The first-order valence-corrected chi connectivity index (χ1v) is 12.8. The van der Waals surface area contributed by atoms with Gasteiger partial charge < -0.3 is 14.3 Å². The molecule has 0 spiro atoms. The summed E-state index contributed by atoms with van der Waals surface area (Å²) in [7, 11) is -1.67. The molecule has 0 aromatic heterocycles. The summed E-state index contributed by atoms with van der Waals surface area (Å²) in [5.41, 5.74) is -0.791. The number of aliphatic hydroxyl groups is 1. The van der Waals surface area contributed by atoms with Crippen LogP contribution in [0.15, 0.2) is 12.2 Å². The van der Waals surface area contributed by atoms with E-state index in [-0.39, 0.29) is 30.0 Å². The molecule has 0 aromatic carbocycles. The molecule has 2 fully saturated rings. The molecule has 1 aliphatic carbocycles. The van der Waals surface area contributed by atoms with E-state index in [1.54, 1.807) is 0 Å². The summed E-state index contributed by atoms with van der Waals surface area (Å²) in [4.78, 5) is 11.6. The van der Waals surface area contributed by atoms with E-state index in [0.29, 0.717) is 6.42 Å². The Bertz CT molecular complexity index is 466. The van der Waals surface area contributed by atoms with Crippen molar-refractivity contribution in [2.45, 2.75) is 89.8 Å². The highest BCUT2D eigenvalue weighted by Crippen LogP contribution is 2.44. The molecule has 0 aromatic rings. The number of unbranched alkanes of at least 4 members (excludes halogenated alkanes) is 2. The van der Waals surface area contributed by atoms with Gasteiger partial charge in [-0.1, -0.05) is 38.3 Å². The SMILES string of the molecule is CCCCCC(C)(O)/C=C/[C@@H]1C2CC(=O)O[C@H]2C[C@H]1O[Si](C)(C)C. The third-order valence-electron chi connectivity index (χ3n) is 5.02. The van der Waals surface area contributed by atoms with E-state index in [1.807, 2.05) is 13.0 Å². The molecule has 1 heterocycles. The van der Waals surface area contributed by atoms with Crippen LogP contribution in [0.3, 0.4) is 0 Å². The van der Waals surface area contributed by atoms with Crippen molar-refractivity contribution in [3.63, 3.8) is 0 Å². The van der Waals surface area contributed by atoms with Crippen molar-refractivity contribution in [3.05, 3.63) is 12.2 Å². The topological polar surface area (TPSA) is 55.8 Å². The van der Waals surface area contributed by atoms with Gasteiger partial charge in [0.25, 0.3) is 0 Å². The van der Waals surface area contributed by atoms with Gasteiger partial charge in [0, 0.05) is 18.3 Å². The van der Waals surface area contributed by atoms with Crippen molar-refractivity contribution in [1.82, 2.24) is 0 Å². The average molecular weight is 355 g/mol. The summed E-state index contributed by atoms with van der Waals surface area (Å²) in [6.45, 7) is 10.6. The molecule has 1 N–H and O–H groups in total. The van der Waals surface area contributed by atoms with E-state index in [2.05, 4.69) is 32.6 Å². The zero-order valence-corrected chi connectivity index (χ0v) is 16.9. The summed E-state index contributed by atoms with van der Waals surface area (Å²) in [5.74, 6) is 0.261. The van der Waals surface area contributed by atoms with E-state index in [9.17, 15) is 9.90 Å².